The summed E-state index contributed by atoms with van der Waals surface area (Å²) in [5, 5.41) is 3.06. The Hall–Kier alpha value is -0.810. The molecule has 5 heteroatoms. The predicted octanol–water partition coefficient (Wildman–Crippen LogP) is 3.44. The van der Waals surface area contributed by atoms with E-state index in [1.165, 1.54) is 5.57 Å². The molecule has 118 valence electrons. The molecule has 0 spiro atoms. The number of hydrogen-bond acceptors (Lipinski definition) is 2. The summed E-state index contributed by atoms with van der Waals surface area (Å²) in [5.74, 6) is 0. The van der Waals surface area contributed by atoms with Crippen LogP contribution in [0.2, 0.25) is 0 Å². The minimum absolute atomic E-state index is 0.00559. The topological polar surface area (TPSA) is 41.6 Å². The van der Waals surface area contributed by atoms with Gasteiger partial charge in [0.1, 0.15) is 0 Å². The molecule has 2 aliphatic rings. The number of urea groups is 1. The third kappa shape index (κ3) is 4.10. The van der Waals surface area contributed by atoms with E-state index in [2.05, 4.69) is 47.2 Å². The first-order valence-electron chi connectivity index (χ1n) is 7.53. The van der Waals surface area contributed by atoms with E-state index in [0.717, 1.165) is 10.9 Å². The van der Waals surface area contributed by atoms with Gasteiger partial charge in [0.25, 0.3) is 0 Å². The van der Waals surface area contributed by atoms with Crippen LogP contribution in [0, 0.1) is 5.41 Å². The predicted molar refractivity (Wildman–Crippen MR) is 88.5 cm³/mol. The zero-order valence-electron chi connectivity index (χ0n) is 13.3. The Labute approximate surface area is 135 Å². The van der Waals surface area contributed by atoms with Gasteiger partial charge in [-0.2, -0.15) is 0 Å². The van der Waals surface area contributed by atoms with Crippen LogP contribution in [0.5, 0.6) is 0 Å². The summed E-state index contributed by atoms with van der Waals surface area (Å²) in [6.45, 7) is 10.4. The van der Waals surface area contributed by atoms with Gasteiger partial charge in [-0.05, 0) is 33.3 Å². The van der Waals surface area contributed by atoms with Gasteiger partial charge in [0, 0.05) is 16.4 Å². The van der Waals surface area contributed by atoms with E-state index >= 15 is 0 Å². The molecule has 0 aromatic heterocycles. The molecule has 1 saturated heterocycles. The highest BCUT2D eigenvalue weighted by molar-refractivity contribution is 9.11. The van der Waals surface area contributed by atoms with Gasteiger partial charge in [-0.3, -0.25) is 0 Å². The second-order valence-electron chi connectivity index (χ2n) is 6.55. The number of likely N-dealkylation sites (tertiary alicyclic amines) is 1. The monoisotopic (exact) mass is 356 g/mol. The van der Waals surface area contributed by atoms with E-state index in [1.807, 2.05) is 18.7 Å². The van der Waals surface area contributed by atoms with Crippen molar-refractivity contribution in [3.05, 3.63) is 22.2 Å². The summed E-state index contributed by atoms with van der Waals surface area (Å²) >= 11 is 3.51. The Morgan fingerprint density at radius 2 is 2.24 bits per heavy atom. The van der Waals surface area contributed by atoms with Crippen LogP contribution in [0.3, 0.4) is 0 Å². The first-order chi connectivity index (χ1) is 9.80. The number of carbonyl (C=O) groups is 1. The second kappa shape index (κ2) is 6.53. The SMILES string of the molecule is CC1=CC(Br)=CCC1(C)CNC(=O)N1CC(OC(C)C)C1. The minimum atomic E-state index is 0.00559. The van der Waals surface area contributed by atoms with Crippen molar-refractivity contribution in [1.29, 1.82) is 0 Å². The normalized spacial score (nSPS) is 26.3. The summed E-state index contributed by atoms with van der Waals surface area (Å²) in [4.78, 5) is 13.9. The fourth-order valence-electron chi connectivity index (χ4n) is 2.59. The summed E-state index contributed by atoms with van der Waals surface area (Å²) in [5.41, 5.74) is 1.30. The van der Waals surface area contributed by atoms with E-state index in [0.29, 0.717) is 19.6 Å². The summed E-state index contributed by atoms with van der Waals surface area (Å²) in [6, 6.07) is 0.0150. The molecule has 1 aliphatic carbocycles. The van der Waals surface area contributed by atoms with Crippen molar-refractivity contribution in [2.45, 2.75) is 46.3 Å². The van der Waals surface area contributed by atoms with Crippen molar-refractivity contribution >= 4 is 22.0 Å². The molecule has 1 atom stereocenters. The lowest BCUT2D eigenvalue weighted by Gasteiger charge is -2.40. The first kappa shape index (κ1) is 16.6. The summed E-state index contributed by atoms with van der Waals surface area (Å²) in [6.07, 6.45) is 5.65. The molecule has 0 saturated carbocycles. The third-order valence-corrected chi connectivity index (χ3v) is 4.84. The lowest BCUT2D eigenvalue weighted by molar-refractivity contribution is -0.0642. The largest absolute Gasteiger partial charge is 0.372 e. The molecule has 1 N–H and O–H groups in total. The van der Waals surface area contributed by atoms with Gasteiger partial charge in [0.05, 0.1) is 25.3 Å². The number of halogens is 1. The smallest absolute Gasteiger partial charge is 0.317 e. The average molecular weight is 357 g/mol. The Kier molecular flexibility index (Phi) is 5.15. The number of ether oxygens (including phenoxy) is 1. The average Bonchev–Trinajstić information content (AvgIpc) is 2.35. The van der Waals surface area contributed by atoms with E-state index in [4.69, 9.17) is 4.74 Å². The molecule has 0 bridgehead atoms. The Morgan fingerprint density at radius 3 is 2.81 bits per heavy atom. The van der Waals surface area contributed by atoms with Crippen LogP contribution >= 0.6 is 15.9 Å². The van der Waals surface area contributed by atoms with E-state index in [9.17, 15) is 4.79 Å². The van der Waals surface area contributed by atoms with Crippen LogP contribution in [0.1, 0.15) is 34.1 Å². The van der Waals surface area contributed by atoms with Gasteiger partial charge in [-0.1, -0.05) is 34.5 Å². The molecule has 1 heterocycles. The van der Waals surface area contributed by atoms with Crippen LogP contribution < -0.4 is 5.32 Å². The zero-order valence-corrected chi connectivity index (χ0v) is 14.9. The van der Waals surface area contributed by atoms with Crippen molar-refractivity contribution in [1.82, 2.24) is 10.2 Å². The molecule has 1 unspecified atom stereocenters. The van der Waals surface area contributed by atoms with Gasteiger partial charge in [-0.25, -0.2) is 4.79 Å². The van der Waals surface area contributed by atoms with Crippen molar-refractivity contribution < 1.29 is 9.53 Å². The molecule has 4 nitrogen and oxygen atoms in total. The number of nitrogens with zero attached hydrogens (tertiary/aromatic N) is 1. The number of allylic oxidation sites excluding steroid dienone is 3. The molecule has 1 aliphatic heterocycles. The van der Waals surface area contributed by atoms with Crippen LogP contribution in [0.4, 0.5) is 4.79 Å². The van der Waals surface area contributed by atoms with Crippen molar-refractivity contribution in [2.24, 2.45) is 5.41 Å². The van der Waals surface area contributed by atoms with Crippen molar-refractivity contribution in [2.75, 3.05) is 19.6 Å². The minimum Gasteiger partial charge on any atom is -0.372 e. The van der Waals surface area contributed by atoms with Crippen molar-refractivity contribution in [3.63, 3.8) is 0 Å². The molecule has 21 heavy (non-hydrogen) atoms. The van der Waals surface area contributed by atoms with Gasteiger partial charge >= 0.3 is 6.03 Å². The van der Waals surface area contributed by atoms with Gasteiger partial charge in [0.2, 0.25) is 0 Å². The Bertz CT molecular complexity index is 467. The molecule has 0 aromatic rings. The van der Waals surface area contributed by atoms with Crippen molar-refractivity contribution in [3.8, 4) is 0 Å². The fourth-order valence-corrected chi connectivity index (χ4v) is 3.10. The maximum Gasteiger partial charge on any atom is 0.317 e. The Balaban J connectivity index is 1.77. The highest BCUT2D eigenvalue weighted by Crippen LogP contribution is 2.36. The third-order valence-electron chi connectivity index (χ3n) is 4.28. The first-order valence-corrected chi connectivity index (χ1v) is 8.32. The molecule has 2 rings (SSSR count). The maximum absolute atomic E-state index is 12.1. The van der Waals surface area contributed by atoms with E-state index < -0.39 is 0 Å². The highest BCUT2D eigenvalue weighted by Gasteiger charge is 2.34. The number of rotatable bonds is 4. The molecule has 0 aromatic carbocycles. The standard InChI is InChI=1S/C16H25BrN2O2/c1-11(2)21-14-8-19(9-14)15(20)18-10-16(4)6-5-13(17)7-12(16)3/h5,7,11,14H,6,8-10H2,1-4H3,(H,18,20). The number of nitrogens with one attached hydrogen (secondary N) is 1. The van der Waals surface area contributed by atoms with Crippen LogP contribution in [-0.2, 0) is 4.74 Å². The molecular formula is C16H25BrN2O2. The van der Waals surface area contributed by atoms with Gasteiger partial charge in [0.15, 0.2) is 0 Å². The number of hydrogen-bond donors (Lipinski definition) is 1. The fraction of sp³-hybridized carbons (Fsp3) is 0.688. The van der Waals surface area contributed by atoms with Crippen LogP contribution in [-0.4, -0.2) is 42.8 Å². The summed E-state index contributed by atoms with van der Waals surface area (Å²) in [7, 11) is 0. The maximum atomic E-state index is 12.1. The number of carbonyl (C=O) groups excluding carboxylic acids is 1. The highest BCUT2D eigenvalue weighted by atomic mass is 79.9. The number of amides is 2. The molecule has 1 fully saturated rings. The lowest BCUT2D eigenvalue weighted by Crippen LogP contribution is -2.59. The van der Waals surface area contributed by atoms with E-state index in [-0.39, 0.29) is 23.7 Å². The lowest BCUT2D eigenvalue weighted by atomic mass is 9.77. The van der Waals surface area contributed by atoms with Gasteiger partial charge < -0.3 is 15.0 Å². The molecular weight excluding hydrogens is 332 g/mol. The van der Waals surface area contributed by atoms with Crippen LogP contribution in [0.15, 0.2) is 22.2 Å². The van der Waals surface area contributed by atoms with Crippen LogP contribution in [0.25, 0.3) is 0 Å². The zero-order chi connectivity index (χ0) is 15.6. The quantitative estimate of drug-likeness (QED) is 0.838. The molecule has 0 radical (unpaired) electrons. The second-order valence-corrected chi connectivity index (χ2v) is 7.47. The molecule has 2 amide bonds. The van der Waals surface area contributed by atoms with E-state index in [1.54, 1.807) is 0 Å². The summed E-state index contributed by atoms with van der Waals surface area (Å²) < 4.78 is 6.79. The Morgan fingerprint density at radius 1 is 1.57 bits per heavy atom. The van der Waals surface area contributed by atoms with Gasteiger partial charge in [-0.15, -0.1) is 0 Å².